The molecule has 0 amide bonds. The Balaban J connectivity index is 1.38. The number of pyridine rings is 1. The van der Waals surface area contributed by atoms with Gasteiger partial charge in [0.05, 0.1) is 0 Å². The van der Waals surface area contributed by atoms with Crippen molar-refractivity contribution in [1.29, 1.82) is 0 Å². The lowest BCUT2D eigenvalue weighted by molar-refractivity contribution is -0.153. The van der Waals surface area contributed by atoms with E-state index in [0.717, 1.165) is 48.4 Å². The second kappa shape index (κ2) is 11.7. The van der Waals surface area contributed by atoms with Crippen molar-refractivity contribution in [2.75, 3.05) is 6.61 Å². The number of halogens is 5. The molecular formula is C30H28F5NO. The van der Waals surface area contributed by atoms with Crippen LogP contribution in [-0.2, 0) is 32.1 Å². The summed E-state index contributed by atoms with van der Waals surface area (Å²) in [6.07, 6.45) is 1.76. The van der Waals surface area contributed by atoms with Crippen molar-refractivity contribution >= 4 is 10.8 Å². The van der Waals surface area contributed by atoms with E-state index in [4.69, 9.17) is 0 Å². The molecule has 0 fully saturated rings. The SMILES string of the molecule is CCCc1ccc(CCc2ccc3c(F)c(CCc4ccc(OCC(F)(F)F)c(F)c4)ccc3c2)nc1. The molecule has 0 aliphatic heterocycles. The van der Waals surface area contributed by atoms with Crippen LogP contribution in [0.4, 0.5) is 22.0 Å². The van der Waals surface area contributed by atoms with E-state index in [1.165, 1.54) is 17.7 Å². The Morgan fingerprint density at radius 3 is 2.19 bits per heavy atom. The number of aromatic nitrogens is 1. The number of benzene rings is 3. The minimum atomic E-state index is -4.54. The Morgan fingerprint density at radius 2 is 1.49 bits per heavy atom. The average Bonchev–Trinajstić information content (AvgIpc) is 2.87. The fraction of sp³-hybridized carbons (Fsp3) is 0.300. The van der Waals surface area contributed by atoms with Gasteiger partial charge in [0.1, 0.15) is 5.82 Å². The standard InChI is InChI=1S/C30H28F5NO/c1-2-3-22-6-13-25(36-18-22)12-5-20-7-14-26-24(16-20)11-10-23(29(26)32)9-4-21-8-15-28(27(31)17-21)37-19-30(33,34)35/h6-8,10-11,13-18H,2-5,9,12,19H2,1H3. The number of alkyl halides is 3. The Bertz CT molecular complexity index is 1350. The van der Waals surface area contributed by atoms with Crippen LogP contribution in [0, 0.1) is 11.6 Å². The fourth-order valence-electron chi connectivity index (χ4n) is 4.30. The largest absolute Gasteiger partial charge is 0.481 e. The highest BCUT2D eigenvalue weighted by Crippen LogP contribution is 2.26. The number of nitrogens with zero attached hydrogens (tertiary/aromatic N) is 1. The number of ether oxygens (including phenoxy) is 1. The molecule has 0 saturated carbocycles. The number of aryl methyl sites for hydroxylation is 5. The lowest BCUT2D eigenvalue weighted by Gasteiger charge is -2.11. The summed E-state index contributed by atoms with van der Waals surface area (Å²) < 4.78 is 70.7. The van der Waals surface area contributed by atoms with Gasteiger partial charge in [-0.2, -0.15) is 13.2 Å². The van der Waals surface area contributed by atoms with E-state index in [-0.39, 0.29) is 5.82 Å². The van der Waals surface area contributed by atoms with Gasteiger partial charge in [0.2, 0.25) is 0 Å². The van der Waals surface area contributed by atoms with Gasteiger partial charge in [-0.05, 0) is 77.9 Å². The second-order valence-electron chi connectivity index (χ2n) is 9.17. The van der Waals surface area contributed by atoms with Crippen LogP contribution in [0.15, 0.2) is 66.9 Å². The lowest BCUT2D eigenvalue weighted by atomic mass is 9.97. The molecule has 4 aromatic rings. The molecule has 0 saturated heterocycles. The first-order valence-corrected chi connectivity index (χ1v) is 12.3. The molecule has 0 aliphatic rings. The van der Waals surface area contributed by atoms with Gasteiger partial charge in [0.15, 0.2) is 18.2 Å². The van der Waals surface area contributed by atoms with E-state index in [2.05, 4.69) is 28.8 Å². The van der Waals surface area contributed by atoms with Crippen LogP contribution in [0.1, 0.15) is 41.3 Å². The zero-order valence-electron chi connectivity index (χ0n) is 20.5. The van der Waals surface area contributed by atoms with Crippen molar-refractivity contribution in [3.8, 4) is 5.75 Å². The summed E-state index contributed by atoms with van der Waals surface area (Å²) >= 11 is 0. The van der Waals surface area contributed by atoms with Crippen LogP contribution in [0.2, 0.25) is 0 Å². The predicted octanol–water partition coefficient (Wildman–Crippen LogP) is 7.98. The molecule has 0 bridgehead atoms. The van der Waals surface area contributed by atoms with Gasteiger partial charge in [-0.15, -0.1) is 0 Å². The van der Waals surface area contributed by atoms with E-state index in [9.17, 15) is 17.6 Å². The maximum atomic E-state index is 15.2. The summed E-state index contributed by atoms with van der Waals surface area (Å²) in [5.74, 6) is -1.65. The number of rotatable bonds is 10. The normalized spacial score (nSPS) is 11.7. The molecular weight excluding hydrogens is 485 g/mol. The molecule has 0 radical (unpaired) electrons. The Morgan fingerprint density at radius 1 is 0.757 bits per heavy atom. The Labute approximate surface area is 213 Å². The molecule has 0 N–H and O–H groups in total. The average molecular weight is 514 g/mol. The summed E-state index contributed by atoms with van der Waals surface area (Å²) in [7, 11) is 0. The van der Waals surface area contributed by atoms with Crippen molar-refractivity contribution in [3.63, 3.8) is 0 Å². The van der Waals surface area contributed by atoms with Gasteiger partial charge >= 0.3 is 6.18 Å². The molecule has 0 aliphatic carbocycles. The molecule has 1 heterocycles. The quantitative estimate of drug-likeness (QED) is 0.201. The summed E-state index contributed by atoms with van der Waals surface area (Å²) in [4.78, 5) is 4.54. The molecule has 1 aromatic heterocycles. The van der Waals surface area contributed by atoms with E-state index in [0.29, 0.717) is 29.4 Å². The zero-order valence-corrected chi connectivity index (χ0v) is 20.5. The highest BCUT2D eigenvalue weighted by atomic mass is 19.4. The van der Waals surface area contributed by atoms with Crippen LogP contribution in [0.25, 0.3) is 10.8 Å². The molecule has 2 nitrogen and oxygen atoms in total. The van der Waals surface area contributed by atoms with Crippen molar-refractivity contribution < 1.29 is 26.7 Å². The number of fused-ring (bicyclic) bond motifs is 1. The third kappa shape index (κ3) is 7.28. The number of hydrogen-bond donors (Lipinski definition) is 0. The van der Waals surface area contributed by atoms with Crippen LogP contribution < -0.4 is 4.74 Å². The fourth-order valence-corrected chi connectivity index (χ4v) is 4.30. The second-order valence-corrected chi connectivity index (χ2v) is 9.17. The van der Waals surface area contributed by atoms with E-state index >= 15 is 4.39 Å². The molecule has 0 unspecified atom stereocenters. The molecule has 0 atom stereocenters. The van der Waals surface area contributed by atoms with Crippen molar-refractivity contribution in [1.82, 2.24) is 4.98 Å². The van der Waals surface area contributed by atoms with Gasteiger partial charge in [-0.1, -0.05) is 55.8 Å². The molecule has 0 spiro atoms. The smallest absolute Gasteiger partial charge is 0.422 e. The molecule has 7 heteroatoms. The van der Waals surface area contributed by atoms with E-state index < -0.39 is 24.3 Å². The Kier molecular flexibility index (Phi) is 8.41. The highest BCUT2D eigenvalue weighted by Gasteiger charge is 2.29. The van der Waals surface area contributed by atoms with Gasteiger partial charge in [0, 0.05) is 17.3 Å². The van der Waals surface area contributed by atoms with Crippen LogP contribution in [-0.4, -0.2) is 17.8 Å². The number of hydrogen-bond acceptors (Lipinski definition) is 2. The summed E-state index contributed by atoms with van der Waals surface area (Å²) in [5, 5.41) is 1.33. The maximum Gasteiger partial charge on any atom is 0.422 e. The molecule has 194 valence electrons. The first kappa shape index (κ1) is 26.6. The third-order valence-electron chi connectivity index (χ3n) is 6.26. The molecule has 3 aromatic carbocycles. The van der Waals surface area contributed by atoms with Crippen LogP contribution in [0.3, 0.4) is 0 Å². The molecule has 37 heavy (non-hydrogen) atoms. The topological polar surface area (TPSA) is 22.1 Å². The summed E-state index contributed by atoms with van der Waals surface area (Å²) in [6, 6.07) is 17.3. The highest BCUT2D eigenvalue weighted by molar-refractivity contribution is 5.84. The van der Waals surface area contributed by atoms with Gasteiger partial charge in [-0.25, -0.2) is 8.78 Å². The van der Waals surface area contributed by atoms with Crippen molar-refractivity contribution in [2.45, 2.75) is 51.6 Å². The van der Waals surface area contributed by atoms with Gasteiger partial charge in [0.25, 0.3) is 0 Å². The Hall–Kier alpha value is -3.48. The lowest BCUT2D eigenvalue weighted by Crippen LogP contribution is -2.19. The predicted molar refractivity (Wildman–Crippen MR) is 135 cm³/mol. The summed E-state index contributed by atoms with van der Waals surface area (Å²) in [6.45, 7) is 0.582. The van der Waals surface area contributed by atoms with Crippen molar-refractivity contribution in [2.24, 2.45) is 0 Å². The third-order valence-corrected chi connectivity index (χ3v) is 6.26. The van der Waals surface area contributed by atoms with Crippen molar-refractivity contribution in [3.05, 3.63) is 106 Å². The van der Waals surface area contributed by atoms with E-state index in [1.54, 1.807) is 12.1 Å². The minimum absolute atomic E-state index is 0.317. The molecule has 4 rings (SSSR count). The van der Waals surface area contributed by atoms with E-state index in [1.807, 2.05) is 24.4 Å². The minimum Gasteiger partial charge on any atom is -0.481 e. The first-order chi connectivity index (χ1) is 17.7. The first-order valence-electron chi connectivity index (χ1n) is 12.3. The summed E-state index contributed by atoms with van der Waals surface area (Å²) in [5.41, 5.74) is 4.40. The van der Waals surface area contributed by atoms with Gasteiger partial charge in [-0.3, -0.25) is 4.98 Å². The zero-order chi connectivity index (χ0) is 26.4. The monoisotopic (exact) mass is 513 g/mol. The van der Waals surface area contributed by atoms with Crippen LogP contribution >= 0.6 is 0 Å². The van der Waals surface area contributed by atoms with Crippen LogP contribution in [0.5, 0.6) is 5.75 Å². The maximum absolute atomic E-state index is 15.2. The van der Waals surface area contributed by atoms with Gasteiger partial charge < -0.3 is 4.74 Å².